The topological polar surface area (TPSA) is 40.6 Å². The Balaban J connectivity index is 2.27. The Kier molecular flexibility index (Phi) is 5.74. The van der Waals surface area contributed by atoms with Crippen molar-refractivity contribution in [3.63, 3.8) is 0 Å². The van der Waals surface area contributed by atoms with Crippen LogP contribution in [0, 0.1) is 0 Å². The highest BCUT2D eigenvalue weighted by atomic mass is 35.5. The van der Waals surface area contributed by atoms with E-state index < -0.39 is 17.6 Å². The van der Waals surface area contributed by atoms with Crippen molar-refractivity contribution in [3.05, 3.63) is 28.8 Å². The van der Waals surface area contributed by atoms with Gasteiger partial charge in [-0.15, -0.1) is 0 Å². The molecule has 0 spiro atoms. The molecule has 1 aliphatic heterocycles. The predicted octanol–water partition coefficient (Wildman–Crippen LogP) is 3.72. The van der Waals surface area contributed by atoms with Crippen molar-refractivity contribution in [3.8, 4) is 0 Å². The quantitative estimate of drug-likeness (QED) is 0.822. The molecule has 0 unspecified atom stereocenters. The highest BCUT2D eigenvalue weighted by Crippen LogP contribution is 2.35. The third-order valence-electron chi connectivity index (χ3n) is 3.95. The van der Waals surface area contributed by atoms with Crippen molar-refractivity contribution in [2.45, 2.75) is 32.4 Å². The molecule has 1 heterocycles. The highest BCUT2D eigenvalue weighted by Gasteiger charge is 2.32. The SMILES string of the molecule is CC(=O)N(CC(=O)N1CCCCC1)c1cc(C(F)(F)F)ccc1Cl. The summed E-state index contributed by atoms with van der Waals surface area (Å²) < 4.78 is 38.7. The average Bonchev–Trinajstić information content (AvgIpc) is 2.52. The van der Waals surface area contributed by atoms with Crippen molar-refractivity contribution in [2.24, 2.45) is 0 Å². The van der Waals surface area contributed by atoms with Gasteiger partial charge in [0.15, 0.2) is 0 Å². The molecule has 4 nitrogen and oxygen atoms in total. The van der Waals surface area contributed by atoms with Crippen LogP contribution >= 0.6 is 11.6 Å². The van der Waals surface area contributed by atoms with Gasteiger partial charge in [-0.2, -0.15) is 13.2 Å². The van der Waals surface area contributed by atoms with Crippen molar-refractivity contribution in [1.29, 1.82) is 0 Å². The molecule has 0 atom stereocenters. The maximum absolute atomic E-state index is 12.9. The zero-order valence-electron chi connectivity index (χ0n) is 13.2. The first-order valence-corrected chi connectivity index (χ1v) is 8.00. The van der Waals surface area contributed by atoms with E-state index in [1.54, 1.807) is 4.90 Å². The Morgan fingerprint density at radius 1 is 1.21 bits per heavy atom. The van der Waals surface area contributed by atoms with Gasteiger partial charge >= 0.3 is 6.18 Å². The fourth-order valence-electron chi connectivity index (χ4n) is 2.64. The number of hydrogen-bond acceptors (Lipinski definition) is 2. The standard InChI is InChI=1S/C16H18ClF3N2O2/c1-11(23)22(10-15(24)21-7-3-2-4-8-21)14-9-12(16(18,19)20)5-6-13(14)17/h5-6,9H,2-4,7-8,10H2,1H3. The van der Waals surface area contributed by atoms with Crippen LogP contribution in [0.5, 0.6) is 0 Å². The van der Waals surface area contributed by atoms with E-state index in [1.165, 1.54) is 6.92 Å². The molecule has 1 aliphatic rings. The van der Waals surface area contributed by atoms with Crippen LogP contribution in [0.15, 0.2) is 18.2 Å². The molecule has 1 saturated heterocycles. The van der Waals surface area contributed by atoms with Crippen molar-refractivity contribution in [1.82, 2.24) is 4.90 Å². The molecule has 1 fully saturated rings. The molecule has 0 N–H and O–H groups in total. The van der Waals surface area contributed by atoms with Gasteiger partial charge in [-0.1, -0.05) is 11.6 Å². The third kappa shape index (κ3) is 4.41. The Morgan fingerprint density at radius 2 is 1.83 bits per heavy atom. The van der Waals surface area contributed by atoms with E-state index in [4.69, 9.17) is 11.6 Å². The molecule has 8 heteroatoms. The molecule has 0 aromatic heterocycles. The summed E-state index contributed by atoms with van der Waals surface area (Å²) in [6, 6.07) is 2.73. The molecule has 1 aromatic rings. The van der Waals surface area contributed by atoms with E-state index in [-0.39, 0.29) is 23.2 Å². The van der Waals surface area contributed by atoms with Gasteiger partial charge in [0.2, 0.25) is 11.8 Å². The van der Waals surface area contributed by atoms with Crippen molar-refractivity contribution in [2.75, 3.05) is 24.5 Å². The second kappa shape index (κ2) is 7.42. The molecule has 0 aliphatic carbocycles. The van der Waals surface area contributed by atoms with Gasteiger partial charge in [0, 0.05) is 20.0 Å². The smallest absolute Gasteiger partial charge is 0.341 e. The summed E-state index contributed by atoms with van der Waals surface area (Å²) in [7, 11) is 0. The van der Waals surface area contributed by atoms with Gasteiger partial charge in [0.05, 0.1) is 16.3 Å². The minimum atomic E-state index is -4.56. The number of nitrogens with zero attached hydrogens (tertiary/aromatic N) is 2. The molecule has 0 saturated carbocycles. The summed E-state index contributed by atoms with van der Waals surface area (Å²) in [4.78, 5) is 26.9. The summed E-state index contributed by atoms with van der Waals surface area (Å²) in [5, 5.41) is -0.00959. The van der Waals surface area contributed by atoms with E-state index in [1.807, 2.05) is 0 Å². The monoisotopic (exact) mass is 362 g/mol. The number of carbonyl (C=O) groups excluding carboxylic acids is 2. The Labute approximate surface area is 143 Å². The number of amides is 2. The van der Waals surface area contributed by atoms with Crippen LogP contribution in [0.4, 0.5) is 18.9 Å². The fourth-order valence-corrected chi connectivity index (χ4v) is 2.86. The summed E-state index contributed by atoms with van der Waals surface area (Å²) >= 11 is 5.97. The molecular formula is C16H18ClF3N2O2. The van der Waals surface area contributed by atoms with Gasteiger partial charge in [-0.05, 0) is 37.5 Å². The minimum Gasteiger partial charge on any atom is -0.341 e. The number of alkyl halides is 3. The third-order valence-corrected chi connectivity index (χ3v) is 4.27. The molecule has 1 aromatic carbocycles. The number of benzene rings is 1. The summed E-state index contributed by atoms with van der Waals surface area (Å²) in [5.41, 5.74) is -1.03. The summed E-state index contributed by atoms with van der Waals surface area (Å²) in [6.07, 6.45) is -1.75. The van der Waals surface area contributed by atoms with E-state index in [9.17, 15) is 22.8 Å². The van der Waals surface area contributed by atoms with Crippen molar-refractivity contribution < 1.29 is 22.8 Å². The normalized spacial score (nSPS) is 15.3. The van der Waals surface area contributed by atoms with E-state index in [0.29, 0.717) is 13.1 Å². The first-order chi connectivity index (χ1) is 11.2. The number of rotatable bonds is 3. The first-order valence-electron chi connectivity index (χ1n) is 7.63. The number of likely N-dealkylation sites (tertiary alicyclic amines) is 1. The Hall–Kier alpha value is -1.76. The van der Waals surface area contributed by atoms with Gasteiger partial charge in [-0.25, -0.2) is 0 Å². The van der Waals surface area contributed by atoms with Crippen LogP contribution in [0.2, 0.25) is 5.02 Å². The zero-order valence-corrected chi connectivity index (χ0v) is 14.0. The summed E-state index contributed by atoms with van der Waals surface area (Å²) in [6.45, 7) is 2.07. The lowest BCUT2D eigenvalue weighted by atomic mass is 10.1. The maximum atomic E-state index is 12.9. The fraction of sp³-hybridized carbons (Fsp3) is 0.500. The van der Waals surface area contributed by atoms with Crippen LogP contribution in [0.25, 0.3) is 0 Å². The lowest BCUT2D eigenvalue weighted by Crippen LogP contribution is -2.44. The predicted molar refractivity (Wildman–Crippen MR) is 84.9 cm³/mol. The van der Waals surface area contributed by atoms with Gasteiger partial charge in [0.25, 0.3) is 0 Å². The minimum absolute atomic E-state index is 0.00959. The maximum Gasteiger partial charge on any atom is 0.416 e. The lowest BCUT2D eigenvalue weighted by molar-refractivity contribution is -0.137. The Morgan fingerprint density at radius 3 is 2.38 bits per heavy atom. The van der Waals surface area contributed by atoms with Crippen molar-refractivity contribution >= 4 is 29.1 Å². The molecular weight excluding hydrogens is 345 g/mol. The lowest BCUT2D eigenvalue weighted by Gasteiger charge is -2.30. The van der Waals surface area contributed by atoms with Crippen LogP contribution in [0.3, 0.4) is 0 Å². The van der Waals surface area contributed by atoms with Gasteiger partial charge in [0.1, 0.15) is 6.54 Å². The number of halogens is 4. The van der Waals surface area contributed by atoms with Crippen LogP contribution in [-0.4, -0.2) is 36.3 Å². The van der Waals surface area contributed by atoms with Gasteiger partial charge < -0.3 is 9.80 Å². The summed E-state index contributed by atoms with van der Waals surface area (Å²) in [5.74, 6) is -0.833. The Bertz CT molecular complexity index is 628. The van der Waals surface area contributed by atoms with E-state index in [0.717, 1.165) is 42.4 Å². The van der Waals surface area contributed by atoms with Gasteiger partial charge in [-0.3, -0.25) is 9.59 Å². The molecule has 2 rings (SSSR count). The molecule has 24 heavy (non-hydrogen) atoms. The van der Waals surface area contributed by atoms with Crippen LogP contribution in [0.1, 0.15) is 31.7 Å². The molecule has 0 bridgehead atoms. The number of piperidine rings is 1. The second-order valence-corrected chi connectivity index (χ2v) is 6.12. The number of hydrogen-bond donors (Lipinski definition) is 0. The number of anilines is 1. The molecule has 132 valence electrons. The largest absolute Gasteiger partial charge is 0.416 e. The second-order valence-electron chi connectivity index (χ2n) is 5.71. The zero-order chi connectivity index (χ0) is 17.9. The first kappa shape index (κ1) is 18.6. The van der Waals surface area contributed by atoms with Crippen LogP contribution < -0.4 is 4.90 Å². The van der Waals surface area contributed by atoms with E-state index in [2.05, 4.69) is 0 Å². The van der Waals surface area contributed by atoms with Crippen LogP contribution in [-0.2, 0) is 15.8 Å². The highest BCUT2D eigenvalue weighted by molar-refractivity contribution is 6.34. The number of carbonyl (C=O) groups is 2. The van der Waals surface area contributed by atoms with E-state index >= 15 is 0 Å². The molecule has 2 amide bonds. The molecule has 0 radical (unpaired) electrons. The average molecular weight is 363 g/mol.